The van der Waals surface area contributed by atoms with E-state index in [1.54, 1.807) is 6.20 Å². The zero-order chi connectivity index (χ0) is 15.7. The van der Waals surface area contributed by atoms with Crippen molar-refractivity contribution >= 4 is 23.7 Å². The number of rotatable bonds is 3. The number of aromatic nitrogens is 3. The molecule has 2 aromatic rings. The van der Waals surface area contributed by atoms with Crippen molar-refractivity contribution < 1.29 is 13.2 Å². The van der Waals surface area contributed by atoms with E-state index in [0.717, 1.165) is 31.7 Å². The van der Waals surface area contributed by atoms with E-state index in [2.05, 4.69) is 20.2 Å². The summed E-state index contributed by atoms with van der Waals surface area (Å²) in [5.41, 5.74) is 0. The lowest BCUT2D eigenvalue weighted by molar-refractivity contribution is -0.134. The maximum atomic E-state index is 12.7. The highest BCUT2D eigenvalue weighted by atomic mass is 35.5. The van der Waals surface area contributed by atoms with Gasteiger partial charge in [-0.15, -0.1) is 23.7 Å². The van der Waals surface area contributed by atoms with Crippen molar-refractivity contribution in [3.05, 3.63) is 34.3 Å². The third-order valence-electron chi connectivity index (χ3n) is 3.68. The molecule has 128 valence electrons. The number of thiazole rings is 1. The number of piperazine rings is 1. The molecule has 0 saturated carbocycles. The first-order valence-corrected chi connectivity index (χ1v) is 7.70. The minimum atomic E-state index is -4.32. The van der Waals surface area contributed by atoms with E-state index in [9.17, 15) is 13.2 Å². The standard InChI is InChI=1S/C13H16F3N5S.ClH/c1-20-4-3-18-12(20)9-6-17-2-5-21(9)8-11-19-7-10(22-11)13(14,15)16;/h3-4,7,9,17H,2,5-6,8H2,1H3;1H. The van der Waals surface area contributed by atoms with Gasteiger partial charge in [0.1, 0.15) is 15.7 Å². The molecule has 1 atom stereocenters. The molecule has 0 spiro atoms. The van der Waals surface area contributed by atoms with E-state index in [1.807, 2.05) is 17.8 Å². The molecule has 0 aliphatic carbocycles. The summed E-state index contributed by atoms with van der Waals surface area (Å²) in [5.74, 6) is 0.903. The Hall–Kier alpha value is -1.16. The highest BCUT2D eigenvalue weighted by Gasteiger charge is 2.34. The lowest BCUT2D eigenvalue weighted by atomic mass is 10.2. The van der Waals surface area contributed by atoms with Gasteiger partial charge in [-0.1, -0.05) is 0 Å². The maximum Gasteiger partial charge on any atom is 0.427 e. The topological polar surface area (TPSA) is 46.0 Å². The second-order valence-corrected chi connectivity index (χ2v) is 6.32. The summed E-state index contributed by atoms with van der Waals surface area (Å²) in [6, 6.07) is 0.0342. The van der Waals surface area contributed by atoms with Crippen LogP contribution < -0.4 is 5.32 Å². The van der Waals surface area contributed by atoms with Gasteiger partial charge < -0.3 is 9.88 Å². The van der Waals surface area contributed by atoms with Crippen molar-refractivity contribution in [2.45, 2.75) is 18.8 Å². The minimum Gasteiger partial charge on any atom is -0.337 e. The molecule has 10 heteroatoms. The molecule has 1 fully saturated rings. The van der Waals surface area contributed by atoms with E-state index in [1.165, 1.54) is 0 Å². The first-order valence-electron chi connectivity index (χ1n) is 6.89. The van der Waals surface area contributed by atoms with Gasteiger partial charge in [-0.3, -0.25) is 4.90 Å². The van der Waals surface area contributed by atoms with Crippen molar-refractivity contribution in [3.8, 4) is 0 Å². The summed E-state index contributed by atoms with van der Waals surface area (Å²) >= 11 is 0.712. The lowest BCUT2D eigenvalue weighted by Crippen LogP contribution is -2.46. The molecule has 23 heavy (non-hydrogen) atoms. The van der Waals surface area contributed by atoms with Crippen LogP contribution in [0.5, 0.6) is 0 Å². The average molecular weight is 368 g/mol. The molecule has 3 heterocycles. The molecule has 1 saturated heterocycles. The van der Waals surface area contributed by atoms with Gasteiger partial charge >= 0.3 is 6.18 Å². The van der Waals surface area contributed by atoms with E-state index in [-0.39, 0.29) is 18.4 Å². The Balaban J connectivity index is 0.00000192. The molecule has 1 unspecified atom stereocenters. The normalized spacial score (nSPS) is 19.6. The van der Waals surface area contributed by atoms with Crippen LogP contribution >= 0.6 is 23.7 Å². The predicted molar refractivity (Wildman–Crippen MR) is 83.6 cm³/mol. The van der Waals surface area contributed by atoms with Crippen LogP contribution in [0.3, 0.4) is 0 Å². The summed E-state index contributed by atoms with van der Waals surface area (Å²) in [6.45, 7) is 2.68. The molecule has 1 aliphatic heterocycles. The Labute approximate surface area is 141 Å². The van der Waals surface area contributed by atoms with E-state index in [4.69, 9.17) is 0 Å². The summed E-state index contributed by atoms with van der Waals surface area (Å²) in [7, 11) is 1.92. The highest BCUT2D eigenvalue weighted by molar-refractivity contribution is 7.11. The molecule has 0 aromatic carbocycles. The van der Waals surface area contributed by atoms with Crippen molar-refractivity contribution in [1.29, 1.82) is 0 Å². The second kappa shape index (κ2) is 7.16. The molecule has 3 rings (SSSR count). The quantitative estimate of drug-likeness (QED) is 0.905. The summed E-state index contributed by atoms with van der Waals surface area (Å²) in [5, 5.41) is 3.78. The third-order valence-corrected chi connectivity index (χ3v) is 4.71. The molecule has 0 amide bonds. The third kappa shape index (κ3) is 4.03. The van der Waals surface area contributed by atoms with Gasteiger partial charge in [0, 0.05) is 39.1 Å². The Morgan fingerprint density at radius 2 is 2.17 bits per heavy atom. The molecular weight excluding hydrogens is 351 g/mol. The van der Waals surface area contributed by atoms with Gasteiger partial charge in [0.05, 0.1) is 18.8 Å². The smallest absolute Gasteiger partial charge is 0.337 e. The van der Waals surface area contributed by atoms with Gasteiger partial charge in [0.15, 0.2) is 0 Å². The predicted octanol–water partition coefficient (Wildman–Crippen LogP) is 2.46. The fraction of sp³-hybridized carbons (Fsp3) is 0.538. The van der Waals surface area contributed by atoms with Crippen molar-refractivity contribution in [3.63, 3.8) is 0 Å². The molecule has 2 aromatic heterocycles. The Bertz CT molecular complexity index is 642. The minimum absolute atomic E-state index is 0. The van der Waals surface area contributed by atoms with Crippen LogP contribution in [0.25, 0.3) is 0 Å². The number of imidazole rings is 1. The SMILES string of the molecule is Cl.Cn1ccnc1C1CNCCN1Cc1ncc(C(F)(F)F)s1. The molecule has 0 radical (unpaired) electrons. The lowest BCUT2D eigenvalue weighted by Gasteiger charge is -2.35. The van der Waals surface area contributed by atoms with Crippen LogP contribution in [0.1, 0.15) is 21.8 Å². The highest BCUT2D eigenvalue weighted by Crippen LogP contribution is 2.34. The average Bonchev–Trinajstić information content (AvgIpc) is 3.08. The maximum absolute atomic E-state index is 12.7. The van der Waals surface area contributed by atoms with E-state index >= 15 is 0 Å². The van der Waals surface area contributed by atoms with Gasteiger partial charge in [-0.2, -0.15) is 13.2 Å². The second-order valence-electron chi connectivity index (χ2n) is 5.20. The van der Waals surface area contributed by atoms with Crippen LogP contribution in [0.4, 0.5) is 13.2 Å². The number of alkyl halides is 3. The van der Waals surface area contributed by atoms with Crippen LogP contribution in [-0.2, 0) is 19.8 Å². The first kappa shape index (κ1) is 18.2. The molecule has 1 aliphatic rings. The molecular formula is C13H17ClF3N5S. The zero-order valence-corrected chi connectivity index (χ0v) is 14.0. The Morgan fingerprint density at radius 1 is 1.39 bits per heavy atom. The molecule has 0 bridgehead atoms. The largest absolute Gasteiger partial charge is 0.427 e. The zero-order valence-electron chi connectivity index (χ0n) is 12.4. The number of nitrogens with one attached hydrogen (secondary N) is 1. The molecule has 5 nitrogen and oxygen atoms in total. The number of nitrogens with zero attached hydrogens (tertiary/aromatic N) is 4. The van der Waals surface area contributed by atoms with Crippen LogP contribution in [0.2, 0.25) is 0 Å². The summed E-state index contributed by atoms with van der Waals surface area (Å²) in [6.07, 6.45) is 0.191. The van der Waals surface area contributed by atoms with Crippen molar-refractivity contribution in [1.82, 2.24) is 24.8 Å². The fourth-order valence-electron chi connectivity index (χ4n) is 2.58. The van der Waals surface area contributed by atoms with Crippen LogP contribution in [-0.4, -0.2) is 39.1 Å². The monoisotopic (exact) mass is 367 g/mol. The van der Waals surface area contributed by atoms with Crippen molar-refractivity contribution in [2.24, 2.45) is 7.05 Å². The van der Waals surface area contributed by atoms with Gasteiger partial charge in [0.2, 0.25) is 0 Å². The van der Waals surface area contributed by atoms with E-state index < -0.39 is 11.1 Å². The molecule has 1 N–H and O–H groups in total. The van der Waals surface area contributed by atoms with Gasteiger partial charge in [0.25, 0.3) is 0 Å². The van der Waals surface area contributed by atoms with Crippen LogP contribution in [0, 0.1) is 0 Å². The summed E-state index contributed by atoms with van der Waals surface area (Å²) < 4.78 is 39.9. The fourth-order valence-corrected chi connectivity index (χ4v) is 3.39. The number of hydrogen-bond acceptors (Lipinski definition) is 5. The van der Waals surface area contributed by atoms with Gasteiger partial charge in [-0.25, -0.2) is 9.97 Å². The van der Waals surface area contributed by atoms with E-state index in [0.29, 0.717) is 22.9 Å². The van der Waals surface area contributed by atoms with Gasteiger partial charge in [-0.05, 0) is 0 Å². The number of hydrogen-bond donors (Lipinski definition) is 1. The van der Waals surface area contributed by atoms with Crippen molar-refractivity contribution in [2.75, 3.05) is 19.6 Å². The van der Waals surface area contributed by atoms with Crippen LogP contribution in [0.15, 0.2) is 18.6 Å². The Morgan fingerprint density at radius 3 is 2.78 bits per heavy atom. The number of halogens is 4. The summed E-state index contributed by atoms with van der Waals surface area (Å²) in [4.78, 5) is 9.76. The number of aryl methyl sites for hydroxylation is 1. The first-order chi connectivity index (χ1) is 10.4. The Kier molecular flexibility index (Phi) is 5.66.